The number of aromatic nitrogens is 1. The second kappa shape index (κ2) is 5.82. The van der Waals surface area contributed by atoms with Crippen LogP contribution in [0.4, 0.5) is 5.82 Å². The second-order valence-corrected chi connectivity index (χ2v) is 4.50. The van der Waals surface area contributed by atoms with Gasteiger partial charge in [-0.05, 0) is 25.0 Å². The van der Waals surface area contributed by atoms with Gasteiger partial charge in [-0.3, -0.25) is 4.79 Å². The summed E-state index contributed by atoms with van der Waals surface area (Å²) in [5.74, 6) is 0.704. The molecular formula is C13H19N3O2. The van der Waals surface area contributed by atoms with Gasteiger partial charge >= 0.3 is 0 Å². The van der Waals surface area contributed by atoms with Gasteiger partial charge in [0.05, 0.1) is 6.10 Å². The van der Waals surface area contributed by atoms with Crippen molar-refractivity contribution in [3.05, 3.63) is 23.9 Å². The van der Waals surface area contributed by atoms with Crippen LogP contribution in [0.3, 0.4) is 0 Å². The Kier molecular flexibility index (Phi) is 4.15. The largest absolute Gasteiger partial charge is 0.376 e. The number of nitrogens with one attached hydrogen (secondary N) is 1. The molecule has 0 aromatic carbocycles. The first-order chi connectivity index (χ1) is 8.70. The maximum atomic E-state index is 12.2. The second-order valence-electron chi connectivity index (χ2n) is 4.50. The first-order valence-electron chi connectivity index (χ1n) is 6.21. The van der Waals surface area contributed by atoms with Crippen LogP contribution in [0.2, 0.25) is 0 Å². The molecule has 0 bridgehead atoms. The van der Waals surface area contributed by atoms with E-state index in [1.54, 1.807) is 30.3 Å². The van der Waals surface area contributed by atoms with Crippen molar-refractivity contribution in [3.63, 3.8) is 0 Å². The summed E-state index contributed by atoms with van der Waals surface area (Å²) in [6.45, 7) is 1.46. The van der Waals surface area contributed by atoms with Crippen molar-refractivity contribution < 1.29 is 9.53 Å². The number of rotatable bonds is 4. The topological polar surface area (TPSA) is 54.5 Å². The standard InChI is InChI=1S/C13H19N3O2/c1-14-12-8-10(5-6-15-12)13(17)16(2)9-11-4-3-7-18-11/h5-6,8,11H,3-4,7,9H2,1-2H3,(H,14,15). The maximum Gasteiger partial charge on any atom is 0.253 e. The lowest BCUT2D eigenvalue weighted by molar-refractivity contribution is 0.0587. The minimum Gasteiger partial charge on any atom is -0.376 e. The van der Waals surface area contributed by atoms with Gasteiger partial charge in [-0.15, -0.1) is 0 Å². The van der Waals surface area contributed by atoms with Crippen LogP contribution in [0.25, 0.3) is 0 Å². The van der Waals surface area contributed by atoms with E-state index in [0.29, 0.717) is 17.9 Å². The Hall–Kier alpha value is -1.62. The Morgan fingerprint density at radius 3 is 3.17 bits per heavy atom. The van der Waals surface area contributed by atoms with Gasteiger partial charge in [0.25, 0.3) is 5.91 Å². The summed E-state index contributed by atoms with van der Waals surface area (Å²) in [5, 5.41) is 2.93. The lowest BCUT2D eigenvalue weighted by Gasteiger charge is -2.21. The van der Waals surface area contributed by atoms with E-state index in [9.17, 15) is 4.79 Å². The van der Waals surface area contributed by atoms with Gasteiger partial charge in [0, 0.05) is 39.0 Å². The number of carbonyl (C=O) groups is 1. The van der Waals surface area contributed by atoms with Crippen LogP contribution < -0.4 is 5.32 Å². The highest BCUT2D eigenvalue weighted by atomic mass is 16.5. The van der Waals surface area contributed by atoms with Gasteiger partial charge in [-0.2, -0.15) is 0 Å². The molecule has 1 atom stereocenters. The molecule has 2 rings (SSSR count). The monoisotopic (exact) mass is 249 g/mol. The van der Waals surface area contributed by atoms with Crippen LogP contribution >= 0.6 is 0 Å². The highest BCUT2D eigenvalue weighted by Crippen LogP contribution is 2.14. The molecule has 0 saturated carbocycles. The molecule has 1 unspecified atom stereocenters. The van der Waals surface area contributed by atoms with Crippen LogP contribution in [0.15, 0.2) is 18.3 Å². The molecule has 98 valence electrons. The predicted octanol–water partition coefficient (Wildman–Crippen LogP) is 1.37. The van der Waals surface area contributed by atoms with Gasteiger partial charge < -0.3 is 15.0 Å². The average molecular weight is 249 g/mol. The van der Waals surface area contributed by atoms with Crippen molar-refractivity contribution in [2.75, 3.05) is 32.6 Å². The third-order valence-electron chi connectivity index (χ3n) is 3.11. The molecule has 2 heterocycles. The van der Waals surface area contributed by atoms with E-state index in [4.69, 9.17) is 4.74 Å². The zero-order chi connectivity index (χ0) is 13.0. The van der Waals surface area contributed by atoms with Gasteiger partial charge in [-0.25, -0.2) is 4.98 Å². The Labute approximate surface area is 107 Å². The van der Waals surface area contributed by atoms with E-state index in [1.165, 1.54) is 0 Å². The molecule has 1 N–H and O–H groups in total. The molecule has 1 fully saturated rings. The van der Waals surface area contributed by atoms with Crippen LogP contribution in [0.1, 0.15) is 23.2 Å². The number of anilines is 1. The highest BCUT2D eigenvalue weighted by Gasteiger charge is 2.20. The number of likely N-dealkylation sites (N-methyl/N-ethyl adjacent to an activating group) is 1. The third kappa shape index (κ3) is 2.98. The van der Waals surface area contributed by atoms with E-state index in [1.807, 2.05) is 7.05 Å². The third-order valence-corrected chi connectivity index (χ3v) is 3.11. The predicted molar refractivity (Wildman–Crippen MR) is 69.7 cm³/mol. The molecule has 1 aliphatic rings. The SMILES string of the molecule is CNc1cc(C(=O)N(C)CC2CCCO2)ccn1. The summed E-state index contributed by atoms with van der Waals surface area (Å²) in [6, 6.07) is 3.49. The average Bonchev–Trinajstić information content (AvgIpc) is 2.90. The normalized spacial score (nSPS) is 18.7. The van der Waals surface area contributed by atoms with Gasteiger partial charge in [0.1, 0.15) is 5.82 Å². The minimum atomic E-state index is 0.00407. The molecular weight excluding hydrogens is 230 g/mol. The molecule has 5 heteroatoms. The van der Waals surface area contributed by atoms with Crippen molar-refractivity contribution in [2.45, 2.75) is 18.9 Å². The number of amides is 1. The molecule has 1 saturated heterocycles. The quantitative estimate of drug-likeness (QED) is 0.875. The Morgan fingerprint density at radius 2 is 2.50 bits per heavy atom. The number of pyridine rings is 1. The molecule has 1 aromatic rings. The molecule has 1 aliphatic heterocycles. The first kappa shape index (κ1) is 12.8. The highest BCUT2D eigenvalue weighted by molar-refractivity contribution is 5.94. The van der Waals surface area contributed by atoms with Crippen molar-refractivity contribution in [3.8, 4) is 0 Å². The van der Waals surface area contributed by atoms with Crippen LogP contribution in [-0.2, 0) is 4.74 Å². The van der Waals surface area contributed by atoms with E-state index in [0.717, 1.165) is 19.4 Å². The van der Waals surface area contributed by atoms with Crippen molar-refractivity contribution in [1.29, 1.82) is 0 Å². The Morgan fingerprint density at radius 1 is 1.67 bits per heavy atom. The fourth-order valence-electron chi connectivity index (χ4n) is 2.10. The maximum absolute atomic E-state index is 12.2. The fraction of sp³-hybridized carbons (Fsp3) is 0.538. The van der Waals surface area contributed by atoms with Crippen molar-refractivity contribution in [1.82, 2.24) is 9.88 Å². The van der Waals surface area contributed by atoms with Gasteiger partial charge in [0.2, 0.25) is 0 Å². The smallest absolute Gasteiger partial charge is 0.253 e. The van der Waals surface area contributed by atoms with Crippen LogP contribution in [0, 0.1) is 0 Å². The molecule has 0 radical (unpaired) electrons. The Bertz CT molecular complexity index is 416. The van der Waals surface area contributed by atoms with Gasteiger partial charge in [0.15, 0.2) is 0 Å². The summed E-state index contributed by atoms with van der Waals surface area (Å²) in [7, 11) is 3.59. The van der Waals surface area contributed by atoms with E-state index in [2.05, 4.69) is 10.3 Å². The fourth-order valence-corrected chi connectivity index (χ4v) is 2.10. The molecule has 1 amide bonds. The van der Waals surface area contributed by atoms with Crippen molar-refractivity contribution >= 4 is 11.7 Å². The minimum absolute atomic E-state index is 0.00407. The zero-order valence-corrected chi connectivity index (χ0v) is 10.8. The van der Waals surface area contributed by atoms with E-state index in [-0.39, 0.29) is 12.0 Å². The number of nitrogens with zero attached hydrogens (tertiary/aromatic N) is 2. The van der Waals surface area contributed by atoms with Crippen LogP contribution in [0.5, 0.6) is 0 Å². The molecule has 0 aliphatic carbocycles. The number of ether oxygens (including phenoxy) is 1. The van der Waals surface area contributed by atoms with Crippen LogP contribution in [-0.4, -0.2) is 49.1 Å². The summed E-state index contributed by atoms with van der Waals surface area (Å²) in [4.78, 5) is 18.0. The molecule has 5 nitrogen and oxygen atoms in total. The molecule has 0 spiro atoms. The lowest BCUT2D eigenvalue weighted by Crippen LogP contribution is -2.34. The number of hydrogen-bond donors (Lipinski definition) is 1. The van der Waals surface area contributed by atoms with Crippen molar-refractivity contribution in [2.24, 2.45) is 0 Å². The number of hydrogen-bond acceptors (Lipinski definition) is 4. The summed E-state index contributed by atoms with van der Waals surface area (Å²) < 4.78 is 5.54. The first-order valence-corrected chi connectivity index (χ1v) is 6.21. The Balaban J connectivity index is 2.00. The summed E-state index contributed by atoms with van der Waals surface area (Å²) in [6.07, 6.45) is 3.95. The lowest BCUT2D eigenvalue weighted by atomic mass is 10.2. The summed E-state index contributed by atoms with van der Waals surface area (Å²) >= 11 is 0. The summed E-state index contributed by atoms with van der Waals surface area (Å²) in [5.41, 5.74) is 0.648. The number of carbonyl (C=O) groups excluding carboxylic acids is 1. The van der Waals surface area contributed by atoms with Gasteiger partial charge in [-0.1, -0.05) is 0 Å². The zero-order valence-electron chi connectivity index (χ0n) is 10.8. The molecule has 1 aromatic heterocycles. The van der Waals surface area contributed by atoms with E-state index < -0.39 is 0 Å². The molecule has 18 heavy (non-hydrogen) atoms. The van der Waals surface area contributed by atoms with E-state index >= 15 is 0 Å².